The van der Waals surface area contributed by atoms with E-state index in [0.717, 1.165) is 11.1 Å². The van der Waals surface area contributed by atoms with Gasteiger partial charge in [-0.15, -0.1) is 0 Å². The number of rotatable bonds is 9. The minimum absolute atomic E-state index is 0.325. The van der Waals surface area contributed by atoms with E-state index < -0.39 is 17.0 Å². The Labute approximate surface area is 207 Å². The fourth-order valence-corrected chi connectivity index (χ4v) is 4.41. The molecule has 3 rings (SSSR count). The molecule has 0 radical (unpaired) electrons. The summed E-state index contributed by atoms with van der Waals surface area (Å²) < 4.78 is 27.5. The minimum Gasteiger partial charge on any atom is -0.493 e. The maximum Gasteiger partial charge on any atom is 0.341 e. The molecule has 190 valence electrons. The van der Waals surface area contributed by atoms with Gasteiger partial charge in [0.05, 0.1) is 45.1 Å². The second kappa shape index (κ2) is 10.2. The molecule has 0 saturated heterocycles. The van der Waals surface area contributed by atoms with E-state index in [2.05, 4.69) is 0 Å². The first-order valence-electron chi connectivity index (χ1n) is 11.4. The molecule has 0 aromatic heterocycles. The van der Waals surface area contributed by atoms with Crippen molar-refractivity contribution in [1.82, 2.24) is 5.06 Å². The SMILES string of the molecule is COc1ccc(CCc2cc(OC)c(OC)c(OC)c2)cc1OC(=O)C1=CC(C)(C)N(O)C1(C)C. The Morgan fingerprint density at radius 3 is 1.83 bits per heavy atom. The van der Waals surface area contributed by atoms with Crippen LogP contribution in [0.15, 0.2) is 42.0 Å². The second-order valence-corrected chi connectivity index (χ2v) is 9.49. The highest BCUT2D eigenvalue weighted by molar-refractivity contribution is 5.93. The minimum atomic E-state index is -0.891. The van der Waals surface area contributed by atoms with E-state index in [1.54, 1.807) is 53.4 Å². The number of hydrogen-bond donors (Lipinski definition) is 1. The standard InChI is InChI=1S/C27H35NO7/c1-26(2)16-19(27(3,4)28(26)30)25(29)35-21-13-17(11-12-20(21)31-5)9-10-18-14-22(32-6)24(34-8)23(15-18)33-7/h11-16,30H,9-10H2,1-8H3. The van der Waals surface area contributed by atoms with E-state index in [1.165, 1.54) is 12.2 Å². The van der Waals surface area contributed by atoms with E-state index in [4.69, 9.17) is 23.7 Å². The summed E-state index contributed by atoms with van der Waals surface area (Å²) >= 11 is 0. The molecule has 0 fully saturated rings. The molecule has 1 heterocycles. The third kappa shape index (κ3) is 5.23. The Kier molecular flexibility index (Phi) is 7.67. The Bertz CT molecular complexity index is 1100. The Morgan fingerprint density at radius 2 is 1.34 bits per heavy atom. The maximum absolute atomic E-state index is 13.1. The average Bonchev–Trinajstić information content (AvgIpc) is 3.00. The number of hydroxylamine groups is 2. The topological polar surface area (TPSA) is 86.7 Å². The number of carbonyl (C=O) groups is 1. The fourth-order valence-electron chi connectivity index (χ4n) is 4.41. The van der Waals surface area contributed by atoms with Crippen molar-refractivity contribution in [2.45, 2.75) is 51.6 Å². The van der Waals surface area contributed by atoms with Crippen molar-refractivity contribution in [1.29, 1.82) is 0 Å². The summed E-state index contributed by atoms with van der Waals surface area (Å²) in [4.78, 5) is 13.1. The molecule has 0 spiro atoms. The molecule has 0 unspecified atom stereocenters. The van der Waals surface area contributed by atoms with Crippen LogP contribution < -0.4 is 23.7 Å². The molecular formula is C27H35NO7. The van der Waals surface area contributed by atoms with Gasteiger partial charge in [-0.2, -0.15) is 5.06 Å². The zero-order chi connectivity index (χ0) is 26.0. The lowest BCUT2D eigenvalue weighted by Crippen LogP contribution is -2.48. The molecule has 1 N–H and O–H groups in total. The first kappa shape index (κ1) is 26.4. The van der Waals surface area contributed by atoms with Crippen LogP contribution in [-0.2, 0) is 17.6 Å². The molecule has 2 aromatic rings. The summed E-state index contributed by atoms with van der Waals surface area (Å²) in [6, 6.07) is 9.36. The van der Waals surface area contributed by atoms with Gasteiger partial charge >= 0.3 is 5.97 Å². The average molecular weight is 486 g/mol. The Hall–Kier alpha value is -3.23. The van der Waals surface area contributed by atoms with Gasteiger partial charge in [0.15, 0.2) is 23.0 Å². The first-order chi connectivity index (χ1) is 16.5. The Balaban J connectivity index is 1.82. The highest BCUT2D eigenvalue weighted by Crippen LogP contribution is 2.40. The number of hydrogen-bond acceptors (Lipinski definition) is 8. The van der Waals surface area contributed by atoms with Gasteiger partial charge in [-0.1, -0.05) is 12.1 Å². The van der Waals surface area contributed by atoms with E-state index in [9.17, 15) is 10.0 Å². The molecule has 2 aromatic carbocycles. The first-order valence-corrected chi connectivity index (χ1v) is 11.4. The molecule has 0 bridgehead atoms. The molecular weight excluding hydrogens is 450 g/mol. The van der Waals surface area contributed by atoms with E-state index in [-0.39, 0.29) is 0 Å². The smallest absolute Gasteiger partial charge is 0.341 e. The van der Waals surface area contributed by atoms with Crippen LogP contribution in [0.3, 0.4) is 0 Å². The number of ether oxygens (including phenoxy) is 5. The highest BCUT2D eigenvalue weighted by Gasteiger charge is 2.48. The number of benzene rings is 2. The Morgan fingerprint density at radius 1 is 0.800 bits per heavy atom. The number of methoxy groups -OCH3 is 4. The highest BCUT2D eigenvalue weighted by atomic mass is 16.6. The van der Waals surface area contributed by atoms with Crippen LogP contribution in [0.1, 0.15) is 38.8 Å². The molecule has 8 heteroatoms. The summed E-state index contributed by atoms with van der Waals surface area (Å²) in [5, 5.41) is 11.7. The van der Waals surface area contributed by atoms with Crippen molar-refractivity contribution in [3.8, 4) is 28.7 Å². The molecule has 35 heavy (non-hydrogen) atoms. The summed E-state index contributed by atoms with van der Waals surface area (Å²) in [6.45, 7) is 7.22. The van der Waals surface area contributed by atoms with E-state index in [1.807, 2.05) is 32.0 Å². The number of esters is 1. The molecule has 0 saturated carbocycles. The lowest BCUT2D eigenvalue weighted by atomic mass is 9.97. The number of nitrogens with zero attached hydrogens (tertiary/aromatic N) is 1. The monoisotopic (exact) mass is 485 g/mol. The van der Waals surface area contributed by atoms with Gasteiger partial charge in [-0.3, -0.25) is 0 Å². The van der Waals surface area contributed by atoms with Crippen LogP contribution in [0.5, 0.6) is 28.7 Å². The van der Waals surface area contributed by atoms with Gasteiger partial charge in [0, 0.05) is 0 Å². The van der Waals surface area contributed by atoms with Crippen molar-refractivity contribution in [3.05, 3.63) is 53.1 Å². The van der Waals surface area contributed by atoms with Crippen molar-refractivity contribution in [3.63, 3.8) is 0 Å². The fraction of sp³-hybridized carbons (Fsp3) is 0.444. The van der Waals surface area contributed by atoms with Gasteiger partial charge in [0.1, 0.15) is 0 Å². The van der Waals surface area contributed by atoms with E-state index in [0.29, 0.717) is 47.2 Å². The van der Waals surface area contributed by atoms with E-state index >= 15 is 0 Å². The predicted octanol–water partition coefficient (Wildman–Crippen LogP) is 4.60. The van der Waals surface area contributed by atoms with Crippen molar-refractivity contribution in [2.75, 3.05) is 28.4 Å². The third-order valence-corrected chi connectivity index (χ3v) is 6.31. The second-order valence-electron chi connectivity index (χ2n) is 9.49. The largest absolute Gasteiger partial charge is 0.493 e. The summed E-state index contributed by atoms with van der Waals surface area (Å²) in [6.07, 6.45) is 3.11. The van der Waals surface area contributed by atoms with Gasteiger partial charge in [0.25, 0.3) is 0 Å². The van der Waals surface area contributed by atoms with Gasteiger partial charge in [-0.25, -0.2) is 4.79 Å². The lowest BCUT2D eigenvalue weighted by Gasteiger charge is -2.35. The zero-order valence-electron chi connectivity index (χ0n) is 21.7. The number of carbonyl (C=O) groups excluding carboxylic acids is 1. The summed E-state index contributed by atoms with van der Waals surface area (Å²) in [5.41, 5.74) is 0.778. The third-order valence-electron chi connectivity index (χ3n) is 6.31. The number of aryl methyl sites for hydroxylation is 2. The van der Waals surface area contributed by atoms with Crippen LogP contribution >= 0.6 is 0 Å². The van der Waals surface area contributed by atoms with Crippen LogP contribution in [0, 0.1) is 0 Å². The summed E-state index contributed by atoms with van der Waals surface area (Å²) in [5.74, 6) is 1.99. The van der Waals surface area contributed by atoms with Gasteiger partial charge in [-0.05, 0) is 75.9 Å². The van der Waals surface area contributed by atoms with Gasteiger partial charge in [0.2, 0.25) is 5.75 Å². The maximum atomic E-state index is 13.1. The predicted molar refractivity (Wildman–Crippen MR) is 132 cm³/mol. The molecule has 1 aliphatic heterocycles. The van der Waals surface area contributed by atoms with Crippen molar-refractivity contribution >= 4 is 5.97 Å². The van der Waals surface area contributed by atoms with Crippen LogP contribution in [-0.4, -0.2) is 55.8 Å². The van der Waals surface area contributed by atoms with Crippen molar-refractivity contribution in [2.24, 2.45) is 0 Å². The summed E-state index contributed by atoms with van der Waals surface area (Å²) in [7, 11) is 6.27. The molecule has 1 aliphatic rings. The molecule has 0 amide bonds. The van der Waals surface area contributed by atoms with Crippen LogP contribution in [0.25, 0.3) is 0 Å². The lowest BCUT2D eigenvalue weighted by molar-refractivity contribution is -0.186. The molecule has 0 aliphatic carbocycles. The normalized spacial score (nSPS) is 16.4. The van der Waals surface area contributed by atoms with Crippen LogP contribution in [0.4, 0.5) is 0 Å². The zero-order valence-corrected chi connectivity index (χ0v) is 21.7. The van der Waals surface area contributed by atoms with Gasteiger partial charge < -0.3 is 28.9 Å². The van der Waals surface area contributed by atoms with Crippen LogP contribution in [0.2, 0.25) is 0 Å². The molecule has 8 nitrogen and oxygen atoms in total. The molecule has 0 atom stereocenters. The quantitative estimate of drug-likeness (QED) is 0.407. The van der Waals surface area contributed by atoms with Crippen molar-refractivity contribution < 1.29 is 33.7 Å².